The minimum absolute atomic E-state index is 0.0213. The van der Waals surface area contributed by atoms with Crippen LogP contribution in [0, 0.1) is 17.5 Å². The van der Waals surface area contributed by atoms with Crippen LogP contribution < -0.4 is 5.32 Å². The SMILES string of the molecule is CC(C)c1c(C(=O)CCc2ccc(F)c(F)c2)c2cc(F)c(NC3=NCCC3)cc2n1Cc1ccccc1. The van der Waals surface area contributed by atoms with E-state index in [4.69, 9.17) is 0 Å². The molecule has 0 fully saturated rings. The fourth-order valence-electron chi connectivity index (χ4n) is 5.19. The molecule has 5 rings (SSSR count). The molecule has 7 heteroatoms. The molecule has 1 N–H and O–H groups in total. The molecule has 3 aromatic carbocycles. The Morgan fingerprint density at radius 1 is 0.974 bits per heavy atom. The van der Waals surface area contributed by atoms with E-state index in [2.05, 4.69) is 14.9 Å². The predicted octanol–water partition coefficient (Wildman–Crippen LogP) is 7.65. The van der Waals surface area contributed by atoms with Gasteiger partial charge in [0.1, 0.15) is 11.7 Å². The molecule has 0 spiro atoms. The van der Waals surface area contributed by atoms with Crippen molar-refractivity contribution in [2.24, 2.45) is 4.99 Å². The number of carbonyl (C=O) groups excluding carboxylic acids is 1. The zero-order valence-corrected chi connectivity index (χ0v) is 21.5. The number of hydrogen-bond donors (Lipinski definition) is 1. The molecule has 0 amide bonds. The van der Waals surface area contributed by atoms with Gasteiger partial charge in [0.25, 0.3) is 0 Å². The highest BCUT2D eigenvalue weighted by Crippen LogP contribution is 2.36. The topological polar surface area (TPSA) is 46.4 Å². The van der Waals surface area contributed by atoms with E-state index in [9.17, 15) is 13.6 Å². The second kappa shape index (κ2) is 10.9. The van der Waals surface area contributed by atoms with Crippen LogP contribution in [0.15, 0.2) is 65.7 Å². The molecule has 2 heterocycles. The summed E-state index contributed by atoms with van der Waals surface area (Å²) in [6.07, 6.45) is 2.05. The average Bonchev–Trinajstić information content (AvgIpc) is 3.52. The molecule has 0 aliphatic carbocycles. The van der Waals surface area contributed by atoms with Crippen molar-refractivity contribution in [2.75, 3.05) is 11.9 Å². The first-order valence-corrected chi connectivity index (χ1v) is 13.0. The van der Waals surface area contributed by atoms with Gasteiger partial charge >= 0.3 is 0 Å². The van der Waals surface area contributed by atoms with Crippen LogP contribution in [0.5, 0.6) is 0 Å². The maximum atomic E-state index is 15.4. The number of nitrogens with one attached hydrogen (secondary N) is 1. The Labute approximate surface area is 220 Å². The van der Waals surface area contributed by atoms with Gasteiger partial charge in [0.05, 0.1) is 11.2 Å². The van der Waals surface area contributed by atoms with Gasteiger partial charge in [-0.3, -0.25) is 9.79 Å². The zero-order valence-electron chi connectivity index (χ0n) is 21.5. The first kappa shape index (κ1) is 25.8. The second-order valence-electron chi connectivity index (χ2n) is 10.1. The molecule has 0 saturated carbocycles. The molecule has 1 aromatic heterocycles. The summed E-state index contributed by atoms with van der Waals surface area (Å²) in [4.78, 5) is 18.1. The summed E-state index contributed by atoms with van der Waals surface area (Å²) < 4.78 is 44.6. The summed E-state index contributed by atoms with van der Waals surface area (Å²) in [6.45, 7) is 5.28. The van der Waals surface area contributed by atoms with E-state index in [1.54, 1.807) is 6.07 Å². The molecule has 1 aliphatic heterocycles. The summed E-state index contributed by atoms with van der Waals surface area (Å²) in [5, 5.41) is 3.70. The largest absolute Gasteiger partial charge is 0.342 e. The lowest BCUT2D eigenvalue weighted by molar-refractivity contribution is 0.0983. The van der Waals surface area contributed by atoms with E-state index >= 15 is 4.39 Å². The molecule has 1 aliphatic rings. The van der Waals surface area contributed by atoms with Crippen molar-refractivity contribution in [1.82, 2.24) is 4.57 Å². The molecule has 0 unspecified atom stereocenters. The average molecular weight is 518 g/mol. The smallest absolute Gasteiger partial charge is 0.165 e. The van der Waals surface area contributed by atoms with Crippen LogP contribution in [0.4, 0.5) is 18.9 Å². The third-order valence-electron chi connectivity index (χ3n) is 6.98. The first-order valence-electron chi connectivity index (χ1n) is 13.0. The van der Waals surface area contributed by atoms with Crippen LogP contribution in [-0.2, 0) is 13.0 Å². The maximum absolute atomic E-state index is 15.4. The molecule has 4 aromatic rings. The van der Waals surface area contributed by atoms with Crippen LogP contribution >= 0.6 is 0 Å². The number of Topliss-reactive ketones (excluding diaryl/α,β-unsaturated/α-hetero) is 1. The number of carbonyl (C=O) groups is 1. The van der Waals surface area contributed by atoms with Crippen molar-refractivity contribution in [3.05, 3.63) is 100 Å². The van der Waals surface area contributed by atoms with Crippen LogP contribution in [0.3, 0.4) is 0 Å². The van der Waals surface area contributed by atoms with Gasteiger partial charge in [-0.1, -0.05) is 50.2 Å². The third kappa shape index (κ3) is 5.23. The molecule has 0 saturated heterocycles. The highest BCUT2D eigenvalue weighted by molar-refractivity contribution is 6.11. The van der Waals surface area contributed by atoms with Crippen molar-refractivity contribution in [3.8, 4) is 0 Å². The van der Waals surface area contributed by atoms with Crippen LogP contribution in [0.25, 0.3) is 10.9 Å². The molecular weight excluding hydrogens is 487 g/mol. The summed E-state index contributed by atoms with van der Waals surface area (Å²) in [5.74, 6) is -1.73. The number of hydrogen-bond acceptors (Lipinski definition) is 3. The number of fused-ring (bicyclic) bond motifs is 1. The predicted molar refractivity (Wildman–Crippen MR) is 146 cm³/mol. The molecule has 38 heavy (non-hydrogen) atoms. The number of aryl methyl sites for hydroxylation is 1. The number of anilines is 1. The van der Waals surface area contributed by atoms with Crippen molar-refractivity contribution >= 4 is 28.2 Å². The maximum Gasteiger partial charge on any atom is 0.165 e. The molecule has 0 atom stereocenters. The van der Waals surface area contributed by atoms with Crippen molar-refractivity contribution in [3.63, 3.8) is 0 Å². The molecule has 0 radical (unpaired) electrons. The fraction of sp³-hybridized carbons (Fsp3) is 0.290. The summed E-state index contributed by atoms with van der Waals surface area (Å²) in [7, 11) is 0. The lowest BCUT2D eigenvalue weighted by Crippen LogP contribution is -2.11. The summed E-state index contributed by atoms with van der Waals surface area (Å²) >= 11 is 0. The zero-order chi connectivity index (χ0) is 26.8. The van der Waals surface area contributed by atoms with Gasteiger partial charge < -0.3 is 9.88 Å². The van der Waals surface area contributed by atoms with Gasteiger partial charge in [0.15, 0.2) is 17.4 Å². The second-order valence-corrected chi connectivity index (χ2v) is 10.1. The van der Waals surface area contributed by atoms with Crippen molar-refractivity contribution in [2.45, 2.75) is 52.0 Å². The van der Waals surface area contributed by atoms with Gasteiger partial charge in [-0.05, 0) is 54.2 Å². The molecular formula is C31H30F3N3O. The Bertz CT molecular complexity index is 1520. The van der Waals surface area contributed by atoms with Crippen molar-refractivity contribution < 1.29 is 18.0 Å². The van der Waals surface area contributed by atoms with Gasteiger partial charge in [-0.25, -0.2) is 13.2 Å². The quantitative estimate of drug-likeness (QED) is 0.244. The van der Waals surface area contributed by atoms with Crippen molar-refractivity contribution in [1.29, 1.82) is 0 Å². The third-order valence-corrected chi connectivity index (χ3v) is 6.98. The van der Waals surface area contributed by atoms with Gasteiger partial charge in [0, 0.05) is 42.6 Å². The number of rotatable bonds is 8. The molecule has 196 valence electrons. The Kier molecular flexibility index (Phi) is 7.36. The molecule has 0 bridgehead atoms. The minimum atomic E-state index is -0.939. The number of aromatic nitrogens is 1. The van der Waals surface area contributed by atoms with Crippen LogP contribution in [0.1, 0.15) is 66.2 Å². The standard InChI is InChI=1S/C31H30F3N3O/c1-19(2)31-30(28(38)13-11-20-10-12-23(32)24(33)15-20)22-16-25(34)26(36-29-9-6-14-35-29)17-27(22)37(31)18-21-7-4-3-5-8-21/h3-5,7-8,10,12,15-17,19H,6,9,11,13-14,18H2,1-2H3,(H,35,36). The Hall–Kier alpha value is -3.87. The van der Waals surface area contributed by atoms with Gasteiger partial charge in [-0.15, -0.1) is 0 Å². The fourth-order valence-corrected chi connectivity index (χ4v) is 5.19. The van der Waals surface area contributed by atoms with E-state index < -0.39 is 17.5 Å². The number of halogens is 3. The van der Waals surface area contributed by atoms with Gasteiger partial charge in [0.2, 0.25) is 0 Å². The first-order chi connectivity index (χ1) is 18.3. The van der Waals surface area contributed by atoms with Crippen LogP contribution in [0.2, 0.25) is 0 Å². The van der Waals surface area contributed by atoms with E-state index in [0.29, 0.717) is 28.7 Å². The Morgan fingerprint density at radius 2 is 1.76 bits per heavy atom. The molecule has 4 nitrogen and oxygen atoms in total. The van der Waals surface area contributed by atoms with Gasteiger partial charge in [-0.2, -0.15) is 0 Å². The highest BCUT2D eigenvalue weighted by atomic mass is 19.2. The number of amidine groups is 1. The minimum Gasteiger partial charge on any atom is -0.342 e. The highest BCUT2D eigenvalue weighted by Gasteiger charge is 2.26. The number of ketones is 1. The summed E-state index contributed by atoms with van der Waals surface area (Å²) in [6, 6.07) is 16.8. The number of nitrogens with zero attached hydrogens (tertiary/aromatic N) is 2. The number of aliphatic imine (C=N–C) groups is 1. The Balaban J connectivity index is 1.60. The Morgan fingerprint density at radius 3 is 2.45 bits per heavy atom. The van der Waals surface area contributed by atoms with E-state index in [1.807, 2.05) is 44.2 Å². The summed E-state index contributed by atoms with van der Waals surface area (Å²) in [5.41, 5.74) is 4.00. The monoisotopic (exact) mass is 517 g/mol. The number of benzene rings is 3. The van der Waals surface area contributed by atoms with E-state index in [0.717, 1.165) is 54.1 Å². The lowest BCUT2D eigenvalue weighted by Gasteiger charge is -2.16. The van der Waals surface area contributed by atoms with E-state index in [-0.39, 0.29) is 24.5 Å². The van der Waals surface area contributed by atoms with E-state index in [1.165, 1.54) is 12.1 Å². The lowest BCUT2D eigenvalue weighted by atomic mass is 9.96. The van der Waals surface area contributed by atoms with Crippen LogP contribution in [-0.4, -0.2) is 22.7 Å². The normalized spacial score (nSPS) is 13.4.